The van der Waals surface area contributed by atoms with Crippen molar-refractivity contribution in [2.45, 2.75) is 63.5 Å². The molecule has 0 saturated carbocycles. The van der Waals surface area contributed by atoms with Crippen LogP contribution in [0, 0.1) is 0 Å². The zero-order valence-corrected chi connectivity index (χ0v) is 14.0. The van der Waals surface area contributed by atoms with Crippen molar-refractivity contribution < 1.29 is 4.79 Å². The molecule has 2 unspecified atom stereocenters. The van der Waals surface area contributed by atoms with Gasteiger partial charge in [-0.05, 0) is 67.7 Å². The third-order valence-corrected chi connectivity index (χ3v) is 5.25. The van der Waals surface area contributed by atoms with Gasteiger partial charge in [0.25, 0.3) is 0 Å². The third-order valence-electron chi connectivity index (χ3n) is 5.01. The second-order valence-corrected chi connectivity index (χ2v) is 7.17. The maximum atomic E-state index is 11.0. The molecule has 3 rings (SSSR count). The molecule has 22 heavy (non-hydrogen) atoms. The smallest absolute Gasteiger partial charge is 0.216 e. The number of amides is 1. The van der Waals surface area contributed by atoms with Crippen LogP contribution in [0.2, 0.25) is 5.02 Å². The van der Waals surface area contributed by atoms with Gasteiger partial charge in [0.2, 0.25) is 5.91 Å². The molecule has 1 aromatic carbocycles. The molecule has 4 heteroatoms. The van der Waals surface area contributed by atoms with Crippen LogP contribution in [0.25, 0.3) is 0 Å². The summed E-state index contributed by atoms with van der Waals surface area (Å²) < 4.78 is 0. The normalized spacial score (nSPS) is 26.9. The van der Waals surface area contributed by atoms with Crippen molar-refractivity contribution in [1.29, 1.82) is 0 Å². The van der Waals surface area contributed by atoms with E-state index < -0.39 is 0 Å². The molecule has 0 aliphatic carbocycles. The monoisotopic (exact) mass is 320 g/mol. The molecule has 2 bridgehead atoms. The first kappa shape index (κ1) is 15.8. The minimum atomic E-state index is 0.0428. The number of aryl methyl sites for hydroxylation is 1. The maximum absolute atomic E-state index is 11.0. The highest BCUT2D eigenvalue weighted by atomic mass is 35.5. The van der Waals surface area contributed by atoms with Gasteiger partial charge in [0.15, 0.2) is 0 Å². The van der Waals surface area contributed by atoms with E-state index in [0.717, 1.165) is 24.4 Å². The lowest BCUT2D eigenvalue weighted by molar-refractivity contribution is -0.118. The molecular weight excluding hydrogens is 296 g/mol. The van der Waals surface area contributed by atoms with E-state index in [2.05, 4.69) is 22.8 Å². The Hall–Kier alpha value is -1.06. The number of rotatable bonds is 5. The van der Waals surface area contributed by atoms with Crippen LogP contribution in [0.15, 0.2) is 18.2 Å². The maximum Gasteiger partial charge on any atom is 0.216 e. The van der Waals surface area contributed by atoms with E-state index in [1.807, 2.05) is 6.07 Å². The SMILES string of the molecule is CC(=O)NCCCc1cc(Cl)ccc1C1CC2CCC(C1)N2. The Morgan fingerprint density at radius 2 is 2.05 bits per heavy atom. The molecule has 2 heterocycles. The van der Waals surface area contributed by atoms with Gasteiger partial charge in [0.05, 0.1) is 0 Å². The van der Waals surface area contributed by atoms with Gasteiger partial charge in [-0.2, -0.15) is 0 Å². The standard InChI is InChI=1S/C18H25ClN2O/c1-12(22)20-8-2-3-13-9-15(19)4-7-18(13)14-10-16-5-6-17(11-14)21-16/h4,7,9,14,16-17,21H,2-3,5-6,8,10-11H2,1H3,(H,20,22). The van der Waals surface area contributed by atoms with Crippen molar-refractivity contribution in [3.05, 3.63) is 34.3 Å². The highest BCUT2D eigenvalue weighted by Gasteiger charge is 2.34. The number of hydrogen-bond donors (Lipinski definition) is 2. The molecule has 0 spiro atoms. The zero-order chi connectivity index (χ0) is 15.5. The highest BCUT2D eigenvalue weighted by molar-refractivity contribution is 6.30. The average molecular weight is 321 g/mol. The summed E-state index contributed by atoms with van der Waals surface area (Å²) >= 11 is 6.21. The first-order valence-electron chi connectivity index (χ1n) is 8.40. The van der Waals surface area contributed by atoms with Crippen LogP contribution < -0.4 is 10.6 Å². The fourth-order valence-electron chi connectivity index (χ4n) is 4.04. The fraction of sp³-hybridized carbons (Fsp3) is 0.611. The lowest BCUT2D eigenvalue weighted by Gasteiger charge is -2.31. The number of fused-ring (bicyclic) bond motifs is 2. The summed E-state index contributed by atoms with van der Waals surface area (Å²) in [5.41, 5.74) is 2.84. The quantitative estimate of drug-likeness (QED) is 0.816. The Labute approximate surface area is 137 Å². The lowest BCUT2D eigenvalue weighted by Crippen LogP contribution is -2.37. The molecule has 3 nitrogen and oxygen atoms in total. The minimum Gasteiger partial charge on any atom is -0.356 e. The molecule has 1 aromatic rings. The van der Waals surface area contributed by atoms with Crippen LogP contribution in [-0.4, -0.2) is 24.5 Å². The van der Waals surface area contributed by atoms with E-state index in [1.54, 1.807) is 6.92 Å². The van der Waals surface area contributed by atoms with E-state index in [4.69, 9.17) is 11.6 Å². The summed E-state index contributed by atoms with van der Waals surface area (Å²) in [6, 6.07) is 7.77. The zero-order valence-electron chi connectivity index (χ0n) is 13.2. The predicted octanol–water partition coefficient (Wildman–Crippen LogP) is 3.41. The number of piperidine rings is 1. The fourth-order valence-corrected chi connectivity index (χ4v) is 4.24. The number of benzene rings is 1. The van der Waals surface area contributed by atoms with Crippen LogP contribution >= 0.6 is 11.6 Å². The summed E-state index contributed by atoms with van der Waals surface area (Å²) in [4.78, 5) is 11.0. The Kier molecular flexibility index (Phi) is 5.04. The Morgan fingerprint density at radius 3 is 2.73 bits per heavy atom. The Bertz CT molecular complexity index is 534. The van der Waals surface area contributed by atoms with Crippen molar-refractivity contribution >= 4 is 17.5 Å². The summed E-state index contributed by atoms with van der Waals surface area (Å²) in [6.07, 6.45) is 7.09. The van der Waals surface area contributed by atoms with Crippen LogP contribution in [0.3, 0.4) is 0 Å². The van der Waals surface area contributed by atoms with Gasteiger partial charge in [-0.3, -0.25) is 4.79 Å². The van der Waals surface area contributed by atoms with Gasteiger partial charge in [0.1, 0.15) is 0 Å². The van der Waals surface area contributed by atoms with Crippen molar-refractivity contribution in [2.24, 2.45) is 0 Å². The first-order chi connectivity index (χ1) is 10.6. The van der Waals surface area contributed by atoms with Gasteiger partial charge in [-0.25, -0.2) is 0 Å². The molecule has 2 aliphatic heterocycles. The number of carbonyl (C=O) groups is 1. The molecule has 2 fully saturated rings. The topological polar surface area (TPSA) is 41.1 Å². The summed E-state index contributed by atoms with van der Waals surface area (Å²) in [6.45, 7) is 2.30. The second kappa shape index (κ2) is 7.01. The van der Waals surface area contributed by atoms with Gasteiger partial charge in [-0.1, -0.05) is 17.7 Å². The highest BCUT2D eigenvalue weighted by Crippen LogP contribution is 2.39. The summed E-state index contributed by atoms with van der Waals surface area (Å²) in [7, 11) is 0. The average Bonchev–Trinajstić information content (AvgIpc) is 2.82. The van der Waals surface area contributed by atoms with Gasteiger partial charge >= 0.3 is 0 Å². The number of halogens is 1. The summed E-state index contributed by atoms with van der Waals surface area (Å²) in [5.74, 6) is 0.702. The molecule has 0 radical (unpaired) electrons. The summed E-state index contributed by atoms with van der Waals surface area (Å²) in [5, 5.41) is 7.40. The van der Waals surface area contributed by atoms with Crippen LogP contribution in [-0.2, 0) is 11.2 Å². The predicted molar refractivity (Wildman–Crippen MR) is 90.4 cm³/mol. The van der Waals surface area contributed by atoms with Gasteiger partial charge in [-0.15, -0.1) is 0 Å². The number of carbonyl (C=O) groups excluding carboxylic acids is 1. The van der Waals surface area contributed by atoms with E-state index in [0.29, 0.717) is 18.0 Å². The molecular formula is C18H25ClN2O. The Balaban J connectivity index is 1.69. The van der Waals surface area contributed by atoms with Crippen molar-refractivity contribution in [3.63, 3.8) is 0 Å². The van der Waals surface area contributed by atoms with E-state index >= 15 is 0 Å². The van der Waals surface area contributed by atoms with E-state index in [1.165, 1.54) is 36.8 Å². The number of nitrogens with one attached hydrogen (secondary N) is 2. The number of hydrogen-bond acceptors (Lipinski definition) is 2. The second-order valence-electron chi connectivity index (χ2n) is 6.74. The molecule has 120 valence electrons. The van der Waals surface area contributed by atoms with Crippen LogP contribution in [0.1, 0.15) is 56.1 Å². The van der Waals surface area contributed by atoms with E-state index in [-0.39, 0.29) is 5.91 Å². The molecule has 0 aromatic heterocycles. The van der Waals surface area contributed by atoms with Crippen molar-refractivity contribution in [1.82, 2.24) is 10.6 Å². The van der Waals surface area contributed by atoms with Crippen molar-refractivity contribution in [2.75, 3.05) is 6.54 Å². The van der Waals surface area contributed by atoms with Crippen molar-refractivity contribution in [3.8, 4) is 0 Å². The molecule has 2 atom stereocenters. The molecule has 1 amide bonds. The third kappa shape index (κ3) is 3.82. The van der Waals surface area contributed by atoms with Crippen LogP contribution in [0.4, 0.5) is 0 Å². The van der Waals surface area contributed by atoms with Gasteiger partial charge < -0.3 is 10.6 Å². The molecule has 2 N–H and O–H groups in total. The van der Waals surface area contributed by atoms with Gasteiger partial charge in [0, 0.05) is 30.6 Å². The lowest BCUT2D eigenvalue weighted by atomic mass is 9.83. The largest absolute Gasteiger partial charge is 0.356 e. The Morgan fingerprint density at radius 1 is 1.32 bits per heavy atom. The van der Waals surface area contributed by atoms with E-state index in [9.17, 15) is 4.79 Å². The minimum absolute atomic E-state index is 0.0428. The molecule has 2 aliphatic rings. The molecule has 2 saturated heterocycles. The first-order valence-corrected chi connectivity index (χ1v) is 8.78. The van der Waals surface area contributed by atoms with Crippen LogP contribution in [0.5, 0.6) is 0 Å².